The number of unbranched alkanes of at least 4 members (excludes halogenated alkanes) is 6. The predicted molar refractivity (Wildman–Crippen MR) is 113 cm³/mol. The highest BCUT2D eigenvalue weighted by atomic mass is 127. The predicted octanol–water partition coefficient (Wildman–Crippen LogP) is 3.86. The van der Waals surface area contributed by atoms with Crippen LogP contribution in [0.5, 0.6) is 0 Å². The maximum atomic E-state index is 4.76. The van der Waals surface area contributed by atoms with Crippen LogP contribution >= 0.6 is 24.0 Å². The van der Waals surface area contributed by atoms with E-state index >= 15 is 0 Å². The number of aliphatic imine (C=N–C) groups is 1. The van der Waals surface area contributed by atoms with E-state index in [2.05, 4.69) is 36.4 Å². The average molecular weight is 438 g/mol. The van der Waals surface area contributed by atoms with Crippen molar-refractivity contribution in [3.63, 3.8) is 0 Å². The van der Waals surface area contributed by atoms with E-state index in [-0.39, 0.29) is 24.0 Å². The second-order valence-corrected chi connectivity index (χ2v) is 6.68. The largest absolute Gasteiger partial charge is 0.357 e. The SMILES string of the molecule is CCCCCCCCCNC(=NCC1CCN(C)C1)NCC.I. The standard InChI is InChI=1S/C18H38N4.HI/c1-4-6-7-8-9-10-11-13-20-18(19-5-2)21-15-17-12-14-22(3)16-17;/h17H,4-16H2,1-3H3,(H2,19,20,21);1H. The van der Waals surface area contributed by atoms with Crippen LogP contribution in [-0.4, -0.2) is 50.6 Å². The Bertz CT molecular complexity index is 297. The van der Waals surface area contributed by atoms with Crippen molar-refractivity contribution < 1.29 is 0 Å². The summed E-state index contributed by atoms with van der Waals surface area (Å²) < 4.78 is 0. The second kappa shape index (κ2) is 15.5. The lowest BCUT2D eigenvalue weighted by Crippen LogP contribution is -2.38. The third-order valence-corrected chi connectivity index (χ3v) is 4.41. The molecule has 0 amide bonds. The number of hydrogen-bond acceptors (Lipinski definition) is 2. The molecule has 1 atom stereocenters. The Morgan fingerprint density at radius 2 is 1.74 bits per heavy atom. The van der Waals surface area contributed by atoms with Crippen LogP contribution in [0.25, 0.3) is 0 Å². The molecule has 4 nitrogen and oxygen atoms in total. The highest BCUT2D eigenvalue weighted by molar-refractivity contribution is 14.0. The van der Waals surface area contributed by atoms with Crippen LogP contribution in [0.1, 0.15) is 65.2 Å². The molecule has 1 rings (SSSR count). The highest BCUT2D eigenvalue weighted by Gasteiger charge is 2.18. The topological polar surface area (TPSA) is 39.7 Å². The zero-order valence-electron chi connectivity index (χ0n) is 15.6. The number of hydrogen-bond donors (Lipinski definition) is 2. The summed E-state index contributed by atoms with van der Waals surface area (Å²) in [5.74, 6) is 1.74. The molecule has 0 radical (unpaired) electrons. The normalized spacial score (nSPS) is 18.7. The number of likely N-dealkylation sites (tertiary alicyclic amines) is 1. The van der Waals surface area contributed by atoms with Crippen molar-refractivity contribution in [3.8, 4) is 0 Å². The van der Waals surface area contributed by atoms with Gasteiger partial charge < -0.3 is 15.5 Å². The monoisotopic (exact) mass is 438 g/mol. The fourth-order valence-electron chi connectivity index (χ4n) is 3.03. The van der Waals surface area contributed by atoms with Crippen LogP contribution in [0.2, 0.25) is 0 Å². The van der Waals surface area contributed by atoms with Crippen LogP contribution in [0.3, 0.4) is 0 Å². The van der Waals surface area contributed by atoms with Crippen molar-refractivity contribution in [1.82, 2.24) is 15.5 Å². The summed E-state index contributed by atoms with van der Waals surface area (Å²) in [4.78, 5) is 7.16. The number of guanidine groups is 1. The van der Waals surface area contributed by atoms with E-state index < -0.39 is 0 Å². The molecule has 0 saturated carbocycles. The Hall–Kier alpha value is -0.0400. The van der Waals surface area contributed by atoms with Gasteiger partial charge in [-0.3, -0.25) is 4.99 Å². The zero-order valence-corrected chi connectivity index (χ0v) is 17.9. The first-order chi connectivity index (χ1) is 10.8. The first-order valence-electron chi connectivity index (χ1n) is 9.47. The van der Waals surface area contributed by atoms with E-state index in [0.29, 0.717) is 0 Å². The lowest BCUT2D eigenvalue weighted by atomic mass is 10.1. The van der Waals surface area contributed by atoms with Crippen LogP contribution in [0.15, 0.2) is 4.99 Å². The van der Waals surface area contributed by atoms with Gasteiger partial charge in [0.2, 0.25) is 0 Å². The molecule has 1 heterocycles. The van der Waals surface area contributed by atoms with Crippen molar-refractivity contribution in [2.45, 2.75) is 65.2 Å². The molecule has 1 unspecified atom stereocenters. The molecule has 1 fully saturated rings. The summed E-state index contributed by atoms with van der Waals surface area (Å²) in [5.41, 5.74) is 0. The van der Waals surface area contributed by atoms with E-state index in [1.807, 2.05) is 0 Å². The van der Waals surface area contributed by atoms with Crippen LogP contribution in [-0.2, 0) is 0 Å². The summed E-state index contributed by atoms with van der Waals surface area (Å²) in [7, 11) is 2.20. The Labute approximate surface area is 161 Å². The van der Waals surface area contributed by atoms with Gasteiger partial charge in [-0.2, -0.15) is 0 Å². The maximum Gasteiger partial charge on any atom is 0.191 e. The molecular formula is C18H39IN4. The maximum absolute atomic E-state index is 4.76. The summed E-state index contributed by atoms with van der Waals surface area (Å²) in [6.07, 6.45) is 10.8. The minimum atomic E-state index is 0. The van der Waals surface area contributed by atoms with E-state index in [9.17, 15) is 0 Å². The number of rotatable bonds is 11. The van der Waals surface area contributed by atoms with E-state index in [4.69, 9.17) is 4.99 Å². The molecule has 0 spiro atoms. The summed E-state index contributed by atoms with van der Waals surface area (Å²) >= 11 is 0. The van der Waals surface area contributed by atoms with Gasteiger partial charge in [-0.25, -0.2) is 0 Å². The Balaban J connectivity index is 0.00000484. The van der Waals surface area contributed by atoms with Crippen molar-refractivity contribution in [3.05, 3.63) is 0 Å². The van der Waals surface area contributed by atoms with Crippen LogP contribution < -0.4 is 10.6 Å². The fraction of sp³-hybridized carbons (Fsp3) is 0.944. The first kappa shape index (κ1) is 23.0. The molecule has 0 aromatic carbocycles. The summed E-state index contributed by atoms with van der Waals surface area (Å²) in [6.45, 7) is 9.76. The fourth-order valence-corrected chi connectivity index (χ4v) is 3.03. The Kier molecular flexibility index (Phi) is 15.5. The minimum absolute atomic E-state index is 0. The number of halogens is 1. The molecule has 138 valence electrons. The molecule has 23 heavy (non-hydrogen) atoms. The van der Waals surface area contributed by atoms with Gasteiger partial charge in [-0.1, -0.05) is 45.4 Å². The minimum Gasteiger partial charge on any atom is -0.357 e. The van der Waals surface area contributed by atoms with Crippen molar-refractivity contribution in [2.75, 3.05) is 39.8 Å². The van der Waals surface area contributed by atoms with Crippen LogP contribution in [0, 0.1) is 5.92 Å². The van der Waals surface area contributed by atoms with Gasteiger partial charge >= 0.3 is 0 Å². The molecular weight excluding hydrogens is 399 g/mol. The first-order valence-corrected chi connectivity index (χ1v) is 9.47. The molecule has 0 aromatic rings. The molecule has 2 N–H and O–H groups in total. The zero-order chi connectivity index (χ0) is 16.0. The lowest BCUT2D eigenvalue weighted by Gasteiger charge is -2.13. The van der Waals surface area contributed by atoms with Gasteiger partial charge in [-0.15, -0.1) is 24.0 Å². The van der Waals surface area contributed by atoms with Crippen molar-refractivity contribution in [1.29, 1.82) is 0 Å². The lowest BCUT2D eigenvalue weighted by molar-refractivity contribution is 0.397. The average Bonchev–Trinajstić information content (AvgIpc) is 2.93. The third-order valence-electron chi connectivity index (χ3n) is 4.41. The third kappa shape index (κ3) is 12.0. The van der Waals surface area contributed by atoms with Gasteiger partial charge in [-0.05, 0) is 39.3 Å². The van der Waals surface area contributed by atoms with Crippen molar-refractivity contribution in [2.24, 2.45) is 10.9 Å². The van der Waals surface area contributed by atoms with E-state index in [1.54, 1.807) is 0 Å². The molecule has 0 bridgehead atoms. The molecule has 1 saturated heterocycles. The summed E-state index contributed by atoms with van der Waals surface area (Å²) in [6, 6.07) is 0. The Morgan fingerprint density at radius 1 is 1.04 bits per heavy atom. The molecule has 0 aliphatic carbocycles. The van der Waals surface area contributed by atoms with Gasteiger partial charge in [0.25, 0.3) is 0 Å². The molecule has 1 aliphatic rings. The smallest absolute Gasteiger partial charge is 0.191 e. The van der Waals surface area contributed by atoms with Gasteiger partial charge in [0.05, 0.1) is 0 Å². The van der Waals surface area contributed by atoms with Crippen LogP contribution in [0.4, 0.5) is 0 Å². The summed E-state index contributed by atoms with van der Waals surface area (Å²) in [5, 5.41) is 6.85. The Morgan fingerprint density at radius 3 is 2.35 bits per heavy atom. The second-order valence-electron chi connectivity index (χ2n) is 6.68. The molecule has 0 aromatic heterocycles. The van der Waals surface area contributed by atoms with E-state index in [0.717, 1.165) is 31.5 Å². The molecule has 5 heteroatoms. The van der Waals surface area contributed by atoms with Gasteiger partial charge in [0, 0.05) is 26.2 Å². The number of nitrogens with one attached hydrogen (secondary N) is 2. The quantitative estimate of drug-likeness (QED) is 0.223. The molecule has 1 aliphatic heterocycles. The highest BCUT2D eigenvalue weighted by Crippen LogP contribution is 2.14. The number of nitrogens with zero attached hydrogens (tertiary/aromatic N) is 2. The van der Waals surface area contributed by atoms with E-state index in [1.165, 1.54) is 64.5 Å². The van der Waals surface area contributed by atoms with Crippen molar-refractivity contribution >= 4 is 29.9 Å². The van der Waals surface area contributed by atoms with Gasteiger partial charge in [0.15, 0.2) is 5.96 Å². The van der Waals surface area contributed by atoms with Gasteiger partial charge in [0.1, 0.15) is 0 Å².